The summed E-state index contributed by atoms with van der Waals surface area (Å²) in [7, 11) is 0. The van der Waals surface area contributed by atoms with E-state index in [9.17, 15) is 38.2 Å². The summed E-state index contributed by atoms with van der Waals surface area (Å²) in [4.78, 5) is 33.2. The molecule has 0 radical (unpaired) electrons. The van der Waals surface area contributed by atoms with E-state index in [1.165, 1.54) is 6.92 Å². The molecule has 0 spiro atoms. The standard InChI is InChI=1S/C18H18F3N5O5/c1-10-14(25(28)29)7-11(8-15(10)26(30)31)22-16(27)9-24-13-6-4-2-3-5-12(13)17(23-24)18(19,20)21/h7-8H,2-6,9H2,1H3,(H,22,27). The van der Waals surface area contributed by atoms with Gasteiger partial charge in [0.15, 0.2) is 5.69 Å². The quantitative estimate of drug-likeness (QED) is 0.425. The van der Waals surface area contributed by atoms with Crippen LogP contribution in [0.4, 0.5) is 30.2 Å². The Labute approximate surface area is 173 Å². The number of nitrogens with zero attached hydrogens (tertiary/aromatic N) is 4. The Morgan fingerprint density at radius 3 is 2.26 bits per heavy atom. The van der Waals surface area contributed by atoms with Gasteiger partial charge in [-0.2, -0.15) is 18.3 Å². The number of anilines is 1. The highest BCUT2D eigenvalue weighted by Gasteiger charge is 2.39. The molecule has 1 amide bonds. The molecule has 0 aliphatic heterocycles. The van der Waals surface area contributed by atoms with Gasteiger partial charge in [-0.3, -0.25) is 29.7 Å². The molecule has 166 valence electrons. The summed E-state index contributed by atoms with van der Waals surface area (Å²) < 4.78 is 41.1. The van der Waals surface area contributed by atoms with Crippen molar-refractivity contribution in [2.75, 3.05) is 5.32 Å². The Kier molecular flexibility index (Phi) is 5.95. The van der Waals surface area contributed by atoms with E-state index in [2.05, 4.69) is 10.4 Å². The van der Waals surface area contributed by atoms with E-state index in [-0.39, 0.29) is 23.2 Å². The maximum Gasteiger partial charge on any atom is 0.435 e. The number of carbonyl (C=O) groups excluding carboxylic acids is 1. The van der Waals surface area contributed by atoms with Gasteiger partial charge in [0, 0.05) is 23.4 Å². The molecule has 1 aliphatic carbocycles. The van der Waals surface area contributed by atoms with E-state index < -0.39 is 45.5 Å². The smallest absolute Gasteiger partial charge is 0.324 e. The normalized spacial score (nSPS) is 13.9. The number of hydrogen-bond donors (Lipinski definition) is 1. The van der Waals surface area contributed by atoms with Gasteiger partial charge >= 0.3 is 6.18 Å². The number of halogens is 3. The topological polar surface area (TPSA) is 133 Å². The first kappa shape index (κ1) is 22.2. The number of rotatable bonds is 5. The Morgan fingerprint density at radius 2 is 1.71 bits per heavy atom. The van der Waals surface area contributed by atoms with Crippen molar-refractivity contribution in [3.8, 4) is 0 Å². The Hall–Kier alpha value is -3.51. The molecule has 0 atom stereocenters. The number of benzene rings is 1. The number of fused-ring (bicyclic) bond motifs is 1. The van der Waals surface area contributed by atoms with Crippen molar-refractivity contribution >= 4 is 23.0 Å². The highest BCUT2D eigenvalue weighted by atomic mass is 19.4. The molecule has 0 saturated carbocycles. The second-order valence-electron chi connectivity index (χ2n) is 7.19. The number of aromatic nitrogens is 2. The summed E-state index contributed by atoms with van der Waals surface area (Å²) in [5.74, 6) is -0.810. The summed E-state index contributed by atoms with van der Waals surface area (Å²) in [6, 6.07) is 1.93. The van der Waals surface area contributed by atoms with Crippen LogP contribution in [0.1, 0.15) is 41.8 Å². The second-order valence-corrected chi connectivity index (χ2v) is 7.19. The molecule has 1 aromatic carbocycles. The number of nitro groups is 2. The van der Waals surface area contributed by atoms with Gasteiger partial charge in [-0.15, -0.1) is 0 Å². The number of alkyl halides is 3. The molecule has 1 heterocycles. The molecule has 0 saturated heterocycles. The van der Waals surface area contributed by atoms with Crippen molar-refractivity contribution in [2.45, 2.75) is 51.7 Å². The summed E-state index contributed by atoms with van der Waals surface area (Å²) in [6.07, 6.45) is -2.10. The minimum atomic E-state index is -4.66. The Bertz CT molecular complexity index is 1030. The Morgan fingerprint density at radius 1 is 1.13 bits per heavy atom. The third-order valence-electron chi connectivity index (χ3n) is 5.10. The van der Waals surface area contributed by atoms with Gasteiger partial charge in [0.05, 0.1) is 15.5 Å². The van der Waals surface area contributed by atoms with Gasteiger partial charge in [0.25, 0.3) is 11.4 Å². The molecule has 0 fully saturated rings. The largest absolute Gasteiger partial charge is 0.435 e. The molecule has 1 N–H and O–H groups in total. The van der Waals surface area contributed by atoms with Crippen LogP contribution in [0.5, 0.6) is 0 Å². The predicted octanol–water partition coefficient (Wildman–Crippen LogP) is 3.93. The zero-order chi connectivity index (χ0) is 22.9. The van der Waals surface area contributed by atoms with Gasteiger partial charge < -0.3 is 5.32 Å². The van der Waals surface area contributed by atoms with Crippen molar-refractivity contribution in [2.24, 2.45) is 0 Å². The van der Waals surface area contributed by atoms with Crippen molar-refractivity contribution in [1.29, 1.82) is 0 Å². The lowest BCUT2D eigenvalue weighted by Gasteiger charge is -2.09. The fourth-order valence-corrected chi connectivity index (χ4v) is 3.68. The van der Waals surface area contributed by atoms with Gasteiger partial charge in [-0.25, -0.2) is 0 Å². The van der Waals surface area contributed by atoms with Crippen molar-refractivity contribution in [3.05, 3.63) is 54.9 Å². The first-order valence-electron chi connectivity index (χ1n) is 9.38. The van der Waals surface area contributed by atoms with Gasteiger partial charge in [0.2, 0.25) is 5.91 Å². The van der Waals surface area contributed by atoms with Crippen LogP contribution in [-0.2, 0) is 30.4 Å². The predicted molar refractivity (Wildman–Crippen MR) is 102 cm³/mol. The zero-order valence-electron chi connectivity index (χ0n) is 16.4. The molecule has 10 nitrogen and oxygen atoms in total. The number of nitro benzene ring substituents is 2. The van der Waals surface area contributed by atoms with Gasteiger partial charge in [-0.05, 0) is 32.6 Å². The van der Waals surface area contributed by atoms with Crippen molar-refractivity contribution in [3.63, 3.8) is 0 Å². The van der Waals surface area contributed by atoms with Gasteiger partial charge in [-0.1, -0.05) is 6.42 Å². The SMILES string of the molecule is Cc1c([N+](=O)[O-])cc(NC(=O)Cn2nc(C(F)(F)F)c3c2CCCCC3)cc1[N+](=O)[O-]. The fraction of sp³-hybridized carbons (Fsp3) is 0.444. The maximum atomic E-state index is 13.4. The van der Waals surface area contributed by atoms with Crippen LogP contribution in [0.3, 0.4) is 0 Å². The lowest BCUT2D eigenvalue weighted by Crippen LogP contribution is -2.21. The summed E-state index contributed by atoms with van der Waals surface area (Å²) in [6.45, 7) is 0.646. The second kappa shape index (κ2) is 8.32. The van der Waals surface area contributed by atoms with E-state index in [4.69, 9.17) is 0 Å². The number of carbonyl (C=O) groups is 1. The zero-order valence-corrected chi connectivity index (χ0v) is 16.4. The van der Waals surface area contributed by atoms with Crippen LogP contribution in [0.15, 0.2) is 12.1 Å². The molecule has 3 rings (SSSR count). The average molecular weight is 441 g/mol. The monoisotopic (exact) mass is 441 g/mol. The first-order valence-corrected chi connectivity index (χ1v) is 9.38. The van der Waals surface area contributed by atoms with Crippen LogP contribution in [0, 0.1) is 27.2 Å². The van der Waals surface area contributed by atoms with Crippen molar-refractivity contribution < 1.29 is 27.8 Å². The summed E-state index contributed by atoms with van der Waals surface area (Å²) in [5, 5.41) is 28.2. The minimum absolute atomic E-state index is 0.0828. The van der Waals surface area contributed by atoms with Gasteiger partial charge in [0.1, 0.15) is 12.1 Å². The molecule has 1 aliphatic rings. The molecule has 0 bridgehead atoms. The van der Waals surface area contributed by atoms with Crippen LogP contribution in [0.25, 0.3) is 0 Å². The third-order valence-corrected chi connectivity index (χ3v) is 5.10. The van der Waals surface area contributed by atoms with Crippen molar-refractivity contribution in [1.82, 2.24) is 9.78 Å². The fourth-order valence-electron chi connectivity index (χ4n) is 3.68. The van der Waals surface area contributed by atoms with Crippen LogP contribution in [-0.4, -0.2) is 25.5 Å². The minimum Gasteiger partial charge on any atom is -0.324 e. The maximum absolute atomic E-state index is 13.4. The van der Waals surface area contributed by atoms with Crippen LogP contribution in [0.2, 0.25) is 0 Å². The van der Waals surface area contributed by atoms with Crippen LogP contribution >= 0.6 is 0 Å². The number of amides is 1. The summed E-state index contributed by atoms with van der Waals surface area (Å²) >= 11 is 0. The van der Waals surface area contributed by atoms with E-state index in [0.29, 0.717) is 25.0 Å². The molecular formula is C18H18F3N5O5. The first-order chi connectivity index (χ1) is 14.5. The molecule has 1 aromatic heterocycles. The van der Waals surface area contributed by atoms with E-state index >= 15 is 0 Å². The molecule has 0 unspecified atom stereocenters. The molecule has 31 heavy (non-hydrogen) atoms. The van der Waals surface area contributed by atoms with Crippen LogP contribution < -0.4 is 5.32 Å². The third kappa shape index (κ3) is 4.64. The highest BCUT2D eigenvalue weighted by molar-refractivity contribution is 5.91. The highest BCUT2D eigenvalue weighted by Crippen LogP contribution is 2.35. The van der Waals surface area contributed by atoms with E-state index in [1.54, 1.807) is 0 Å². The van der Waals surface area contributed by atoms with E-state index in [0.717, 1.165) is 23.2 Å². The molecule has 2 aromatic rings. The number of hydrogen-bond acceptors (Lipinski definition) is 6. The summed E-state index contributed by atoms with van der Waals surface area (Å²) in [5.41, 5.74) is -2.10. The molecule has 13 heteroatoms. The van der Waals surface area contributed by atoms with E-state index in [1.807, 2.05) is 0 Å². The lowest BCUT2D eigenvalue weighted by atomic mass is 10.1. The number of nitrogens with one attached hydrogen (secondary N) is 1. The molecular weight excluding hydrogens is 423 g/mol. The Balaban J connectivity index is 1.91. The lowest BCUT2D eigenvalue weighted by molar-refractivity contribution is -0.395. The average Bonchev–Trinajstić information content (AvgIpc) is 2.84.